The number of hydrogen-bond donors (Lipinski definition) is 2. The fourth-order valence-corrected chi connectivity index (χ4v) is 1.18. The monoisotopic (exact) mass is 241 g/mol. The molecular weight excluding hydrogens is 226 g/mol. The minimum atomic E-state index is -0.586. The van der Waals surface area contributed by atoms with Gasteiger partial charge in [-0.2, -0.15) is 0 Å². The van der Waals surface area contributed by atoms with E-state index in [-0.39, 0.29) is 18.4 Å². The van der Waals surface area contributed by atoms with Crippen LogP contribution in [0.1, 0.15) is 19.4 Å². The Hall–Kier alpha value is -1.06. The number of amides is 1. The van der Waals surface area contributed by atoms with Crippen molar-refractivity contribution in [1.82, 2.24) is 0 Å². The second kappa shape index (κ2) is 5.32. The molecule has 0 bridgehead atoms. The molecule has 0 aliphatic carbocycles. The molecule has 4 heteroatoms. The van der Waals surface area contributed by atoms with Crippen LogP contribution in [0.3, 0.4) is 0 Å². The first-order chi connectivity index (χ1) is 7.49. The number of anilines is 1. The van der Waals surface area contributed by atoms with E-state index in [0.717, 1.165) is 5.56 Å². The van der Waals surface area contributed by atoms with Crippen LogP contribution in [0.2, 0.25) is 0 Å². The molecule has 1 aromatic carbocycles. The summed E-state index contributed by atoms with van der Waals surface area (Å²) < 4.78 is 0. The molecule has 88 valence electrons. The molecule has 2 N–H and O–H groups in total. The predicted molar refractivity (Wildman–Crippen MR) is 65.5 cm³/mol. The number of carbonyl (C=O) groups excluding carboxylic acids is 1. The quantitative estimate of drug-likeness (QED) is 0.796. The van der Waals surface area contributed by atoms with Gasteiger partial charge in [-0.05, 0) is 31.5 Å². The molecule has 16 heavy (non-hydrogen) atoms. The summed E-state index contributed by atoms with van der Waals surface area (Å²) in [4.78, 5) is 11.8. The van der Waals surface area contributed by atoms with Crippen molar-refractivity contribution in [2.45, 2.75) is 20.5 Å². The molecular formula is C12H16ClNO2. The molecule has 1 amide bonds. The maximum absolute atomic E-state index is 11.8. The Morgan fingerprint density at radius 2 is 1.94 bits per heavy atom. The van der Waals surface area contributed by atoms with E-state index in [0.29, 0.717) is 5.69 Å². The minimum Gasteiger partial charge on any atom is -0.392 e. The first-order valence-corrected chi connectivity index (χ1v) is 5.60. The van der Waals surface area contributed by atoms with Crippen LogP contribution in [0, 0.1) is 5.41 Å². The van der Waals surface area contributed by atoms with Gasteiger partial charge < -0.3 is 10.4 Å². The average molecular weight is 242 g/mol. The molecule has 0 unspecified atom stereocenters. The number of benzene rings is 1. The van der Waals surface area contributed by atoms with Gasteiger partial charge in [0.1, 0.15) is 0 Å². The number of carbonyl (C=O) groups is 1. The number of nitrogens with one attached hydrogen (secondary N) is 1. The van der Waals surface area contributed by atoms with Crippen molar-refractivity contribution in [3.63, 3.8) is 0 Å². The molecule has 0 saturated carbocycles. The summed E-state index contributed by atoms with van der Waals surface area (Å²) in [5.74, 6) is 0.160. The third kappa shape index (κ3) is 3.22. The molecule has 0 fully saturated rings. The first kappa shape index (κ1) is 13.0. The Kier molecular flexibility index (Phi) is 4.33. The van der Waals surface area contributed by atoms with Crippen LogP contribution in [-0.2, 0) is 11.4 Å². The topological polar surface area (TPSA) is 49.3 Å². The Labute approximate surface area is 100 Å². The summed E-state index contributed by atoms with van der Waals surface area (Å²) in [6.45, 7) is 3.58. The van der Waals surface area contributed by atoms with E-state index in [1.54, 1.807) is 38.1 Å². The van der Waals surface area contributed by atoms with Crippen molar-refractivity contribution in [1.29, 1.82) is 0 Å². The highest BCUT2D eigenvalue weighted by Crippen LogP contribution is 2.20. The van der Waals surface area contributed by atoms with Crippen molar-refractivity contribution in [3.8, 4) is 0 Å². The van der Waals surface area contributed by atoms with Crippen LogP contribution >= 0.6 is 11.6 Å². The predicted octanol–water partition coefficient (Wildman–Crippen LogP) is 2.38. The summed E-state index contributed by atoms with van der Waals surface area (Å²) in [6.07, 6.45) is 0. The molecule has 0 aliphatic heterocycles. The van der Waals surface area contributed by atoms with E-state index < -0.39 is 5.41 Å². The van der Waals surface area contributed by atoms with Gasteiger partial charge in [0.2, 0.25) is 5.91 Å². The molecule has 0 aromatic heterocycles. The highest BCUT2D eigenvalue weighted by atomic mass is 35.5. The summed E-state index contributed by atoms with van der Waals surface area (Å²) in [7, 11) is 0. The summed E-state index contributed by atoms with van der Waals surface area (Å²) >= 11 is 5.71. The number of halogens is 1. The van der Waals surface area contributed by atoms with E-state index in [4.69, 9.17) is 16.7 Å². The second-order valence-corrected chi connectivity index (χ2v) is 4.59. The second-order valence-electron chi connectivity index (χ2n) is 4.33. The maximum Gasteiger partial charge on any atom is 0.231 e. The molecule has 0 aliphatic rings. The van der Waals surface area contributed by atoms with Crippen LogP contribution in [-0.4, -0.2) is 16.9 Å². The molecule has 0 saturated heterocycles. The van der Waals surface area contributed by atoms with Gasteiger partial charge in [0.15, 0.2) is 0 Å². The summed E-state index contributed by atoms with van der Waals surface area (Å²) in [5, 5.41) is 11.7. The van der Waals surface area contributed by atoms with Crippen molar-refractivity contribution in [2.24, 2.45) is 5.41 Å². The van der Waals surface area contributed by atoms with E-state index in [1.807, 2.05) is 0 Å². The van der Waals surface area contributed by atoms with E-state index in [9.17, 15) is 4.79 Å². The third-order valence-electron chi connectivity index (χ3n) is 2.34. The van der Waals surface area contributed by atoms with Gasteiger partial charge in [0.05, 0.1) is 12.0 Å². The number of hydrogen-bond acceptors (Lipinski definition) is 2. The lowest BCUT2D eigenvalue weighted by Crippen LogP contribution is -2.32. The lowest BCUT2D eigenvalue weighted by Gasteiger charge is -2.20. The van der Waals surface area contributed by atoms with Gasteiger partial charge in [-0.25, -0.2) is 0 Å². The number of aliphatic hydroxyl groups excluding tert-OH is 1. The molecule has 0 atom stereocenters. The maximum atomic E-state index is 11.8. The fourth-order valence-electron chi connectivity index (χ4n) is 1.05. The van der Waals surface area contributed by atoms with Crippen molar-refractivity contribution in [3.05, 3.63) is 29.8 Å². The van der Waals surface area contributed by atoms with Crippen LogP contribution in [0.4, 0.5) is 5.69 Å². The van der Waals surface area contributed by atoms with Crippen molar-refractivity contribution in [2.75, 3.05) is 11.2 Å². The number of rotatable bonds is 4. The zero-order valence-corrected chi connectivity index (χ0v) is 10.2. The molecule has 0 radical (unpaired) electrons. The fraction of sp³-hybridized carbons (Fsp3) is 0.417. The molecule has 0 spiro atoms. The third-order valence-corrected chi connectivity index (χ3v) is 3.01. The lowest BCUT2D eigenvalue weighted by molar-refractivity contribution is -0.122. The van der Waals surface area contributed by atoms with Crippen molar-refractivity contribution >= 4 is 23.2 Å². The zero-order chi connectivity index (χ0) is 12.2. The van der Waals surface area contributed by atoms with Crippen LogP contribution in [0.15, 0.2) is 24.3 Å². The largest absolute Gasteiger partial charge is 0.392 e. The number of alkyl halides is 1. The summed E-state index contributed by atoms with van der Waals surface area (Å²) in [6, 6.07) is 7.05. The van der Waals surface area contributed by atoms with Crippen LogP contribution in [0.5, 0.6) is 0 Å². The Morgan fingerprint density at radius 3 is 2.38 bits per heavy atom. The van der Waals surface area contributed by atoms with E-state index >= 15 is 0 Å². The highest BCUT2D eigenvalue weighted by molar-refractivity contribution is 6.20. The smallest absolute Gasteiger partial charge is 0.231 e. The molecule has 1 rings (SSSR count). The zero-order valence-electron chi connectivity index (χ0n) is 9.46. The van der Waals surface area contributed by atoms with E-state index in [2.05, 4.69) is 5.32 Å². The lowest BCUT2D eigenvalue weighted by atomic mass is 9.95. The summed E-state index contributed by atoms with van der Waals surface area (Å²) in [5.41, 5.74) is 0.937. The number of aliphatic hydroxyl groups is 1. The Morgan fingerprint density at radius 1 is 1.38 bits per heavy atom. The SMILES string of the molecule is CC(C)(CCl)C(=O)Nc1ccc(CO)cc1. The molecule has 0 heterocycles. The van der Waals surface area contributed by atoms with Gasteiger partial charge in [-0.3, -0.25) is 4.79 Å². The van der Waals surface area contributed by atoms with Crippen LogP contribution in [0.25, 0.3) is 0 Å². The average Bonchev–Trinajstić information content (AvgIpc) is 2.30. The molecule has 3 nitrogen and oxygen atoms in total. The first-order valence-electron chi connectivity index (χ1n) is 5.07. The van der Waals surface area contributed by atoms with Gasteiger partial charge in [-0.15, -0.1) is 11.6 Å². The molecule has 1 aromatic rings. The normalized spacial score (nSPS) is 11.2. The highest BCUT2D eigenvalue weighted by Gasteiger charge is 2.26. The van der Waals surface area contributed by atoms with Gasteiger partial charge in [0.25, 0.3) is 0 Å². The van der Waals surface area contributed by atoms with E-state index in [1.165, 1.54) is 0 Å². The van der Waals surface area contributed by atoms with Gasteiger partial charge >= 0.3 is 0 Å². The Bertz CT molecular complexity index is 360. The van der Waals surface area contributed by atoms with Crippen LogP contribution < -0.4 is 5.32 Å². The van der Waals surface area contributed by atoms with Crippen molar-refractivity contribution < 1.29 is 9.90 Å². The Balaban J connectivity index is 2.70. The standard InChI is InChI=1S/C12H16ClNO2/c1-12(2,8-13)11(16)14-10-5-3-9(7-15)4-6-10/h3-6,15H,7-8H2,1-2H3,(H,14,16). The van der Waals surface area contributed by atoms with Gasteiger partial charge in [0, 0.05) is 11.6 Å². The minimum absolute atomic E-state index is 0.00139. The van der Waals surface area contributed by atoms with Gasteiger partial charge in [-0.1, -0.05) is 12.1 Å².